The maximum atomic E-state index is 13.9. The maximum Gasteiger partial charge on any atom is 0.260 e. The summed E-state index contributed by atoms with van der Waals surface area (Å²) in [5.74, 6) is -0.997. The number of aryl methyl sites for hydroxylation is 1. The van der Waals surface area contributed by atoms with Crippen LogP contribution in [0.1, 0.15) is 12.5 Å². The molecule has 0 bridgehead atoms. The van der Waals surface area contributed by atoms with Crippen molar-refractivity contribution in [1.82, 2.24) is 15.3 Å². The Morgan fingerprint density at radius 3 is 2.70 bits per heavy atom. The molecule has 0 aliphatic rings. The van der Waals surface area contributed by atoms with Crippen molar-refractivity contribution in [1.29, 1.82) is 0 Å². The van der Waals surface area contributed by atoms with Crippen LogP contribution < -0.4 is 15.4 Å². The van der Waals surface area contributed by atoms with Gasteiger partial charge in [0.15, 0.2) is 6.10 Å². The summed E-state index contributed by atoms with van der Waals surface area (Å²) in [7, 11) is -1.73. The topological polar surface area (TPSA) is 106 Å². The van der Waals surface area contributed by atoms with E-state index >= 15 is 0 Å². The molecule has 8 nitrogen and oxygen atoms in total. The van der Waals surface area contributed by atoms with Crippen molar-refractivity contribution in [2.75, 3.05) is 18.1 Å². The van der Waals surface area contributed by atoms with Crippen LogP contribution in [0.5, 0.6) is 5.75 Å². The van der Waals surface area contributed by atoms with E-state index in [0.717, 1.165) is 11.6 Å². The molecule has 2 aromatic carbocycles. The number of anilines is 2. The SMILES string of the molecule is Cc1cc(/N=[SH](/C)=O)cc2ncnc(Nc3ccc(F)cc3O[C@H](C)C(=O)NCC(F)F)c12. The van der Waals surface area contributed by atoms with Gasteiger partial charge in [0.25, 0.3) is 12.3 Å². The van der Waals surface area contributed by atoms with Crippen LogP contribution in [0, 0.1) is 12.7 Å². The van der Waals surface area contributed by atoms with Crippen molar-refractivity contribution in [2.24, 2.45) is 4.36 Å². The molecule has 1 amide bonds. The number of aromatic nitrogens is 2. The largest absolute Gasteiger partial charge is 0.479 e. The van der Waals surface area contributed by atoms with E-state index in [9.17, 15) is 22.2 Å². The van der Waals surface area contributed by atoms with E-state index in [4.69, 9.17) is 4.74 Å². The Morgan fingerprint density at radius 1 is 1.24 bits per heavy atom. The first-order chi connectivity index (χ1) is 15.6. The third kappa shape index (κ3) is 6.31. The molecule has 2 N–H and O–H groups in total. The van der Waals surface area contributed by atoms with Crippen LogP contribution in [0.3, 0.4) is 0 Å². The summed E-state index contributed by atoms with van der Waals surface area (Å²) in [6, 6.07) is 7.09. The van der Waals surface area contributed by atoms with E-state index in [1.54, 1.807) is 12.1 Å². The molecular weight excluding hydrogens is 459 g/mol. The number of ether oxygens (including phenoxy) is 1. The third-order valence-electron chi connectivity index (χ3n) is 4.48. The van der Waals surface area contributed by atoms with E-state index < -0.39 is 41.4 Å². The Morgan fingerprint density at radius 2 is 2.00 bits per heavy atom. The highest BCUT2D eigenvalue weighted by molar-refractivity contribution is 7.74. The van der Waals surface area contributed by atoms with Crippen molar-refractivity contribution >= 4 is 44.6 Å². The van der Waals surface area contributed by atoms with Crippen molar-refractivity contribution < 1.29 is 26.9 Å². The monoisotopic (exact) mass is 481 g/mol. The van der Waals surface area contributed by atoms with Crippen molar-refractivity contribution in [2.45, 2.75) is 26.4 Å². The third-order valence-corrected chi connectivity index (χ3v) is 4.99. The lowest BCUT2D eigenvalue weighted by molar-refractivity contribution is -0.127. The van der Waals surface area contributed by atoms with Crippen LogP contribution in [-0.2, 0) is 15.4 Å². The first kappa shape index (κ1) is 24.2. The van der Waals surface area contributed by atoms with Crippen molar-refractivity contribution in [3.63, 3.8) is 0 Å². The fraction of sp³-hybridized carbons (Fsp3) is 0.286. The molecule has 0 aliphatic carbocycles. The molecule has 3 rings (SSSR count). The molecule has 0 fully saturated rings. The van der Waals surface area contributed by atoms with Gasteiger partial charge < -0.3 is 15.4 Å². The summed E-state index contributed by atoms with van der Waals surface area (Å²) < 4.78 is 59.7. The summed E-state index contributed by atoms with van der Waals surface area (Å²) in [6.07, 6.45) is -1.04. The maximum absolute atomic E-state index is 13.9. The number of amides is 1. The number of nitrogens with one attached hydrogen (secondary N) is 2. The summed E-state index contributed by atoms with van der Waals surface area (Å²) in [5, 5.41) is 5.77. The number of benzene rings is 2. The zero-order valence-corrected chi connectivity index (χ0v) is 18.9. The minimum Gasteiger partial charge on any atom is -0.479 e. The Labute approximate surface area is 189 Å². The Bertz CT molecular complexity index is 1270. The molecule has 0 spiro atoms. The Kier molecular flexibility index (Phi) is 7.69. The van der Waals surface area contributed by atoms with Gasteiger partial charge in [-0.05, 0) is 43.7 Å². The zero-order valence-electron chi connectivity index (χ0n) is 18.0. The van der Waals surface area contributed by atoms with E-state index in [1.165, 1.54) is 31.6 Å². The van der Waals surface area contributed by atoms with Crippen LogP contribution in [0.2, 0.25) is 0 Å². The minimum atomic E-state index is -2.70. The Balaban J connectivity index is 1.93. The first-order valence-corrected chi connectivity index (χ1v) is 11.5. The van der Waals surface area contributed by atoms with Crippen LogP contribution >= 0.6 is 0 Å². The van der Waals surface area contributed by atoms with E-state index in [2.05, 4.69) is 25.0 Å². The highest BCUT2D eigenvalue weighted by Crippen LogP contribution is 2.34. The number of nitrogens with zero attached hydrogens (tertiary/aromatic N) is 3. The van der Waals surface area contributed by atoms with Gasteiger partial charge in [0, 0.05) is 28.3 Å². The van der Waals surface area contributed by atoms with Gasteiger partial charge in [-0.1, -0.05) is 0 Å². The summed E-state index contributed by atoms with van der Waals surface area (Å²) in [4.78, 5) is 20.5. The number of rotatable bonds is 8. The van der Waals surface area contributed by atoms with Crippen molar-refractivity contribution in [3.05, 3.63) is 48.0 Å². The number of hydrogen-bond donors (Lipinski definition) is 3. The fourth-order valence-corrected chi connectivity index (χ4v) is 3.52. The predicted octanol–water partition coefficient (Wildman–Crippen LogP) is 3.90. The lowest BCUT2D eigenvalue weighted by Gasteiger charge is -2.18. The molecule has 3 aromatic rings. The van der Waals surface area contributed by atoms with Gasteiger partial charge in [-0.3, -0.25) is 9.00 Å². The lowest BCUT2D eigenvalue weighted by Crippen LogP contribution is -2.38. The molecule has 0 radical (unpaired) electrons. The van der Waals surface area contributed by atoms with Gasteiger partial charge in [0.05, 0.1) is 23.4 Å². The minimum absolute atomic E-state index is 0.00582. The summed E-state index contributed by atoms with van der Waals surface area (Å²) in [5.41, 5.74) is 2.13. The molecule has 2 atom stereocenters. The van der Waals surface area contributed by atoms with Gasteiger partial charge >= 0.3 is 0 Å². The van der Waals surface area contributed by atoms with Gasteiger partial charge in [0.2, 0.25) is 0 Å². The molecule has 33 heavy (non-hydrogen) atoms. The summed E-state index contributed by atoms with van der Waals surface area (Å²) >= 11 is 0. The normalized spacial score (nSPS) is 13.2. The van der Waals surface area contributed by atoms with Gasteiger partial charge in [-0.25, -0.2) is 27.5 Å². The van der Waals surface area contributed by atoms with Crippen LogP contribution in [0.4, 0.5) is 30.4 Å². The van der Waals surface area contributed by atoms with Crippen LogP contribution in [0.15, 0.2) is 41.0 Å². The number of hydrogen-bond acceptors (Lipinski definition) is 7. The van der Waals surface area contributed by atoms with Crippen molar-refractivity contribution in [3.8, 4) is 5.75 Å². The molecule has 1 unspecified atom stereocenters. The molecular formula is C21H22F3N5O3S. The second-order valence-electron chi connectivity index (χ2n) is 7.11. The number of fused-ring (bicyclic) bond motifs is 1. The number of alkyl halides is 2. The number of halogens is 3. The second kappa shape index (κ2) is 10.5. The number of thiol groups is 1. The highest BCUT2D eigenvalue weighted by atomic mass is 32.2. The highest BCUT2D eigenvalue weighted by Gasteiger charge is 2.19. The quantitative estimate of drug-likeness (QED) is 0.422. The second-order valence-corrected chi connectivity index (χ2v) is 8.23. The van der Waals surface area contributed by atoms with E-state index in [0.29, 0.717) is 28.1 Å². The van der Waals surface area contributed by atoms with Gasteiger partial charge in [0.1, 0.15) is 23.7 Å². The molecule has 1 aromatic heterocycles. The van der Waals surface area contributed by atoms with Gasteiger partial charge in [-0.15, -0.1) is 0 Å². The average molecular weight is 482 g/mol. The molecule has 12 heteroatoms. The summed E-state index contributed by atoms with van der Waals surface area (Å²) in [6.45, 7) is 2.37. The number of carbonyl (C=O) groups is 1. The molecule has 0 saturated heterocycles. The zero-order chi connectivity index (χ0) is 24.1. The molecule has 0 saturated carbocycles. The van der Waals surface area contributed by atoms with Crippen LogP contribution in [-0.4, -0.2) is 45.4 Å². The standard InChI is InChI=1S/C21H22F3N5O3S/c1-11-6-14(29-33(3)31)8-16-19(11)20(27-10-26-16)28-15-5-4-13(22)7-17(15)32-12(2)21(30)25-9-18(23)24/h4-8,10,12,18,33H,9H2,1-3H3,(H,25,30)(H,26,27,28)/t12-/m1/s1. The molecule has 176 valence electrons. The average Bonchev–Trinajstić information content (AvgIpc) is 2.73. The molecule has 0 aliphatic heterocycles. The lowest BCUT2D eigenvalue weighted by atomic mass is 10.1. The molecule has 1 heterocycles. The van der Waals surface area contributed by atoms with Crippen LogP contribution in [0.25, 0.3) is 10.9 Å². The fourth-order valence-electron chi connectivity index (χ4n) is 3.08. The van der Waals surface area contributed by atoms with E-state index in [-0.39, 0.29) is 5.75 Å². The smallest absolute Gasteiger partial charge is 0.260 e. The first-order valence-electron chi connectivity index (χ1n) is 9.81. The predicted molar refractivity (Wildman–Crippen MR) is 121 cm³/mol. The Hall–Kier alpha value is -3.41. The van der Waals surface area contributed by atoms with Gasteiger partial charge in [-0.2, -0.15) is 0 Å². The van der Waals surface area contributed by atoms with E-state index in [1.807, 2.05) is 6.92 Å². The number of carbonyl (C=O) groups excluding carboxylic acids is 1.